The monoisotopic (exact) mass is 657 g/mol. The maximum atomic E-state index is 5.31. The Bertz CT molecular complexity index is 2620. The molecule has 51 heavy (non-hydrogen) atoms. The van der Waals surface area contributed by atoms with Gasteiger partial charge in [0.1, 0.15) is 5.82 Å². The molecular formula is C46H35N5. The number of hydrogen-bond donors (Lipinski definition) is 0. The third-order valence-corrected chi connectivity index (χ3v) is 10.5. The van der Waals surface area contributed by atoms with Gasteiger partial charge in [-0.1, -0.05) is 127 Å². The number of nitrogens with zero attached hydrogens (tertiary/aromatic N) is 5. The molecule has 2 aliphatic rings. The molecule has 0 amide bonds. The summed E-state index contributed by atoms with van der Waals surface area (Å²) in [7, 11) is 0. The Labute approximate surface area is 296 Å². The molecule has 10 rings (SSSR count). The van der Waals surface area contributed by atoms with Gasteiger partial charge in [-0.25, -0.2) is 15.0 Å². The van der Waals surface area contributed by atoms with Gasteiger partial charge in [0, 0.05) is 56.4 Å². The van der Waals surface area contributed by atoms with Crippen LogP contribution in [0.25, 0.3) is 73.0 Å². The lowest BCUT2D eigenvalue weighted by atomic mass is 9.79. The third-order valence-electron chi connectivity index (χ3n) is 10.5. The van der Waals surface area contributed by atoms with E-state index in [1.807, 2.05) is 36.4 Å². The summed E-state index contributed by atoms with van der Waals surface area (Å²) in [6, 6.07) is 46.8. The Morgan fingerprint density at radius 2 is 1.10 bits per heavy atom. The van der Waals surface area contributed by atoms with Crippen LogP contribution in [-0.2, 0) is 11.8 Å². The smallest absolute Gasteiger partial charge is 0.163 e. The van der Waals surface area contributed by atoms with Crippen molar-refractivity contribution >= 4 is 50.2 Å². The Morgan fingerprint density at radius 1 is 0.569 bits per heavy atom. The van der Waals surface area contributed by atoms with Crippen LogP contribution in [0.2, 0.25) is 0 Å². The molecule has 1 atom stereocenters. The first-order chi connectivity index (χ1) is 25.1. The first-order valence-corrected chi connectivity index (χ1v) is 17.7. The molecule has 5 aromatic carbocycles. The second kappa shape index (κ2) is 11.6. The molecule has 3 aromatic heterocycles. The fraction of sp³-hybridized carbons (Fsp3) is 0.109. The largest absolute Gasteiger partial charge is 0.317 e. The van der Waals surface area contributed by atoms with E-state index < -0.39 is 5.41 Å². The van der Waals surface area contributed by atoms with Crippen LogP contribution in [-0.4, -0.2) is 24.1 Å². The standard InChI is InChI=1S/C46H35N5/c1-46(45-48-43(31-16-4-2-5-17-31)47-44(49-45)32-18-6-3-7-19-32)29-33(50-39-24-12-8-20-35(39)36-21-9-13-25-40(36)50)28-34(30-46)51-41-26-14-10-22-37(41)38-23-11-15-27-42(38)51/h2-14,16-26,28-29H,15,27,30H2,1H3. The molecule has 8 aromatic rings. The van der Waals surface area contributed by atoms with Crippen molar-refractivity contribution in [1.82, 2.24) is 24.1 Å². The molecule has 244 valence electrons. The number of para-hydroxylation sites is 3. The van der Waals surface area contributed by atoms with Gasteiger partial charge in [0.2, 0.25) is 0 Å². The molecule has 0 fully saturated rings. The highest BCUT2D eigenvalue weighted by molar-refractivity contribution is 6.10. The summed E-state index contributed by atoms with van der Waals surface area (Å²) in [6.45, 7) is 2.30. The Hall–Kier alpha value is -6.33. The van der Waals surface area contributed by atoms with Gasteiger partial charge < -0.3 is 9.13 Å². The molecule has 0 radical (unpaired) electrons. The second-order valence-electron chi connectivity index (χ2n) is 13.9. The Kier molecular flexibility index (Phi) is 6.75. The van der Waals surface area contributed by atoms with Gasteiger partial charge in [-0.3, -0.25) is 0 Å². The van der Waals surface area contributed by atoms with E-state index in [2.05, 4.69) is 137 Å². The van der Waals surface area contributed by atoms with Crippen molar-refractivity contribution < 1.29 is 0 Å². The predicted molar refractivity (Wildman–Crippen MR) is 210 cm³/mol. The van der Waals surface area contributed by atoms with Crippen LogP contribution >= 0.6 is 0 Å². The highest BCUT2D eigenvalue weighted by Crippen LogP contribution is 2.45. The van der Waals surface area contributed by atoms with E-state index in [9.17, 15) is 0 Å². The van der Waals surface area contributed by atoms with Crippen molar-refractivity contribution in [2.75, 3.05) is 0 Å². The van der Waals surface area contributed by atoms with Crippen LogP contribution in [0.15, 0.2) is 152 Å². The molecule has 2 aliphatic carbocycles. The van der Waals surface area contributed by atoms with Crippen molar-refractivity contribution in [3.63, 3.8) is 0 Å². The summed E-state index contributed by atoms with van der Waals surface area (Å²) in [6.07, 6.45) is 12.2. The van der Waals surface area contributed by atoms with E-state index in [1.165, 1.54) is 49.7 Å². The summed E-state index contributed by atoms with van der Waals surface area (Å²) in [5, 5.41) is 3.77. The van der Waals surface area contributed by atoms with Crippen LogP contribution in [0, 0.1) is 0 Å². The molecule has 5 nitrogen and oxygen atoms in total. The van der Waals surface area contributed by atoms with Gasteiger partial charge >= 0.3 is 0 Å². The molecule has 5 heteroatoms. The quantitative estimate of drug-likeness (QED) is 0.185. The maximum Gasteiger partial charge on any atom is 0.163 e. The van der Waals surface area contributed by atoms with E-state index in [1.54, 1.807) is 0 Å². The zero-order chi connectivity index (χ0) is 33.9. The minimum Gasteiger partial charge on any atom is -0.317 e. The molecule has 0 saturated heterocycles. The molecule has 1 unspecified atom stereocenters. The minimum absolute atomic E-state index is 0.579. The SMILES string of the molecule is CC1(c2nc(-c3ccccc3)nc(-c3ccccc3)n2)C=C(n2c3ccccc3c3ccccc32)C=C(n2c3c(c4ccccc42)C=CCC3)C1. The summed E-state index contributed by atoms with van der Waals surface area (Å²) >= 11 is 0. The molecule has 3 heterocycles. The number of rotatable bonds is 5. The van der Waals surface area contributed by atoms with Crippen molar-refractivity contribution in [3.8, 4) is 22.8 Å². The molecular weight excluding hydrogens is 623 g/mol. The first kappa shape index (κ1) is 29.6. The highest BCUT2D eigenvalue weighted by atomic mass is 15.1. The van der Waals surface area contributed by atoms with E-state index in [-0.39, 0.29) is 0 Å². The molecule has 0 spiro atoms. The van der Waals surface area contributed by atoms with Gasteiger partial charge in [0.15, 0.2) is 11.6 Å². The summed E-state index contributed by atoms with van der Waals surface area (Å²) in [5.41, 5.74) is 9.98. The number of fused-ring (bicyclic) bond motifs is 6. The molecule has 0 saturated carbocycles. The Balaban J connectivity index is 1.27. The highest BCUT2D eigenvalue weighted by Gasteiger charge is 2.36. The van der Waals surface area contributed by atoms with Gasteiger partial charge in [0.05, 0.1) is 22.0 Å². The normalized spacial score (nSPS) is 17.1. The van der Waals surface area contributed by atoms with E-state index >= 15 is 0 Å². The van der Waals surface area contributed by atoms with E-state index in [0.717, 1.165) is 41.9 Å². The third kappa shape index (κ3) is 4.80. The fourth-order valence-corrected chi connectivity index (χ4v) is 8.20. The average Bonchev–Trinajstić information content (AvgIpc) is 3.71. The van der Waals surface area contributed by atoms with Crippen LogP contribution in [0.1, 0.15) is 36.8 Å². The zero-order valence-electron chi connectivity index (χ0n) is 28.4. The number of benzene rings is 5. The molecule has 0 bridgehead atoms. The van der Waals surface area contributed by atoms with Crippen LogP contribution in [0.5, 0.6) is 0 Å². The predicted octanol–water partition coefficient (Wildman–Crippen LogP) is 11.0. The topological polar surface area (TPSA) is 48.5 Å². The summed E-state index contributed by atoms with van der Waals surface area (Å²) in [5.74, 6) is 2.11. The molecule has 0 N–H and O–H groups in total. The van der Waals surface area contributed by atoms with Gasteiger partial charge in [-0.2, -0.15) is 0 Å². The zero-order valence-corrected chi connectivity index (χ0v) is 28.4. The second-order valence-corrected chi connectivity index (χ2v) is 13.9. The van der Waals surface area contributed by atoms with Gasteiger partial charge in [-0.05, 0) is 50.1 Å². The lowest BCUT2D eigenvalue weighted by Gasteiger charge is -2.33. The number of hydrogen-bond acceptors (Lipinski definition) is 3. The maximum absolute atomic E-state index is 5.31. The van der Waals surface area contributed by atoms with E-state index in [0.29, 0.717) is 11.6 Å². The number of allylic oxidation sites excluding steroid dienone is 5. The van der Waals surface area contributed by atoms with Gasteiger partial charge in [0.25, 0.3) is 0 Å². The van der Waals surface area contributed by atoms with E-state index in [4.69, 9.17) is 15.0 Å². The lowest BCUT2D eigenvalue weighted by molar-refractivity contribution is 0.552. The summed E-state index contributed by atoms with van der Waals surface area (Å²) < 4.78 is 4.96. The molecule has 0 aliphatic heterocycles. The first-order valence-electron chi connectivity index (χ1n) is 17.7. The minimum atomic E-state index is -0.579. The van der Waals surface area contributed by atoms with Crippen molar-refractivity contribution in [1.29, 1.82) is 0 Å². The van der Waals surface area contributed by atoms with Crippen molar-refractivity contribution in [2.24, 2.45) is 0 Å². The van der Waals surface area contributed by atoms with Crippen molar-refractivity contribution in [3.05, 3.63) is 169 Å². The van der Waals surface area contributed by atoms with Gasteiger partial charge in [-0.15, -0.1) is 0 Å². The fourth-order valence-electron chi connectivity index (χ4n) is 8.20. The van der Waals surface area contributed by atoms with Crippen LogP contribution in [0.4, 0.5) is 0 Å². The number of aromatic nitrogens is 5. The van der Waals surface area contributed by atoms with Crippen molar-refractivity contribution in [2.45, 2.75) is 31.6 Å². The van der Waals surface area contributed by atoms with Crippen LogP contribution in [0.3, 0.4) is 0 Å². The van der Waals surface area contributed by atoms with Crippen LogP contribution < -0.4 is 0 Å². The average molecular weight is 658 g/mol. The lowest BCUT2D eigenvalue weighted by Crippen LogP contribution is -2.28. The Morgan fingerprint density at radius 3 is 1.71 bits per heavy atom. The summed E-state index contributed by atoms with van der Waals surface area (Å²) in [4.78, 5) is 15.7.